The number of hydrogen-bond acceptors (Lipinski definition) is 3. The highest BCUT2D eigenvalue weighted by Gasteiger charge is 2.14. The van der Waals surface area contributed by atoms with Gasteiger partial charge in [-0.2, -0.15) is 4.39 Å². The zero-order valence-corrected chi connectivity index (χ0v) is 8.05. The average Bonchev–Trinajstić information content (AvgIpc) is 2.18. The minimum Gasteiger partial charge on any atom is -0.505 e. The molecule has 0 aromatic heterocycles. The van der Waals surface area contributed by atoms with Crippen LogP contribution in [0.3, 0.4) is 0 Å². The van der Waals surface area contributed by atoms with E-state index in [1.165, 1.54) is 0 Å². The molecular weight excluding hydrogens is 185 g/mol. The number of rotatable bonds is 3. The average molecular weight is 199 g/mol. The third-order valence-electron chi connectivity index (χ3n) is 2.13. The molecule has 1 rings (SSSR count). The summed E-state index contributed by atoms with van der Waals surface area (Å²) < 4.78 is 13.1. The zero-order valence-electron chi connectivity index (χ0n) is 8.05. The fourth-order valence-corrected chi connectivity index (χ4v) is 1.31. The van der Waals surface area contributed by atoms with Crippen molar-refractivity contribution in [2.75, 3.05) is 6.54 Å². The number of phenols is 2. The van der Waals surface area contributed by atoms with Crippen LogP contribution in [0, 0.1) is 12.7 Å². The van der Waals surface area contributed by atoms with E-state index in [-0.39, 0.29) is 0 Å². The minimum atomic E-state index is -0.947. The van der Waals surface area contributed by atoms with E-state index in [1.54, 1.807) is 13.0 Å². The number of aromatic hydroxyl groups is 2. The Morgan fingerprint density at radius 1 is 1.36 bits per heavy atom. The number of benzene rings is 1. The molecule has 4 N–H and O–H groups in total. The highest BCUT2D eigenvalue weighted by atomic mass is 19.1. The molecule has 0 aliphatic carbocycles. The Kier molecular flexibility index (Phi) is 3.30. The fraction of sp³-hybridized carbons (Fsp3) is 0.400. The summed E-state index contributed by atoms with van der Waals surface area (Å²) in [7, 11) is 0. The molecule has 1 aromatic rings. The van der Waals surface area contributed by atoms with Crippen LogP contribution in [0.1, 0.15) is 17.5 Å². The van der Waals surface area contributed by atoms with Crippen molar-refractivity contribution in [3.8, 4) is 11.5 Å². The van der Waals surface area contributed by atoms with E-state index in [4.69, 9.17) is 5.73 Å². The van der Waals surface area contributed by atoms with Gasteiger partial charge in [0.15, 0.2) is 11.5 Å². The van der Waals surface area contributed by atoms with Crippen molar-refractivity contribution >= 4 is 0 Å². The van der Waals surface area contributed by atoms with Crippen molar-refractivity contribution in [3.63, 3.8) is 0 Å². The predicted octanol–water partition coefficient (Wildman–Crippen LogP) is 1.44. The lowest BCUT2D eigenvalue weighted by molar-refractivity contribution is 0.382. The molecule has 0 spiro atoms. The lowest BCUT2D eigenvalue weighted by Crippen LogP contribution is -2.01. The first kappa shape index (κ1) is 10.8. The van der Waals surface area contributed by atoms with Gasteiger partial charge in [-0.25, -0.2) is 0 Å². The summed E-state index contributed by atoms with van der Waals surface area (Å²) in [6.07, 6.45) is 1.19. The van der Waals surface area contributed by atoms with Crippen LogP contribution in [0.4, 0.5) is 4.39 Å². The second-order valence-electron chi connectivity index (χ2n) is 3.26. The Labute approximate surface area is 82.0 Å². The third kappa shape index (κ3) is 1.96. The summed E-state index contributed by atoms with van der Waals surface area (Å²) in [5.74, 6) is -1.91. The molecule has 0 aliphatic heterocycles. The Bertz CT molecular complexity index is 339. The van der Waals surface area contributed by atoms with E-state index < -0.39 is 17.3 Å². The Morgan fingerprint density at radius 2 is 2.00 bits per heavy atom. The molecule has 78 valence electrons. The molecule has 0 aliphatic rings. The van der Waals surface area contributed by atoms with E-state index in [0.717, 1.165) is 0 Å². The first-order chi connectivity index (χ1) is 6.57. The highest BCUT2D eigenvalue weighted by Crippen LogP contribution is 2.32. The standard InChI is InChI=1S/C10H14FNO2/c1-6-5-7(3-2-4-12)10(14)8(11)9(6)13/h5,13-14H,2-4,12H2,1H3. The maximum Gasteiger partial charge on any atom is 0.206 e. The van der Waals surface area contributed by atoms with Crippen LogP contribution in [0.5, 0.6) is 11.5 Å². The summed E-state index contributed by atoms with van der Waals surface area (Å²) in [5, 5.41) is 18.5. The first-order valence-electron chi connectivity index (χ1n) is 4.48. The summed E-state index contributed by atoms with van der Waals surface area (Å²) >= 11 is 0. The number of hydrogen-bond donors (Lipinski definition) is 3. The summed E-state index contributed by atoms with van der Waals surface area (Å²) in [6, 6.07) is 1.57. The highest BCUT2D eigenvalue weighted by molar-refractivity contribution is 5.46. The molecule has 0 unspecified atom stereocenters. The van der Waals surface area contributed by atoms with Gasteiger partial charge in [-0.15, -0.1) is 0 Å². The first-order valence-corrected chi connectivity index (χ1v) is 4.48. The Balaban J connectivity index is 3.06. The van der Waals surface area contributed by atoms with Crippen molar-refractivity contribution in [2.24, 2.45) is 5.73 Å². The molecule has 0 saturated carbocycles. The monoisotopic (exact) mass is 199 g/mol. The molecule has 4 heteroatoms. The number of halogens is 1. The van der Waals surface area contributed by atoms with Gasteiger partial charge in [0.1, 0.15) is 0 Å². The number of aryl methyl sites for hydroxylation is 2. The van der Waals surface area contributed by atoms with Crippen LogP contribution in [0.15, 0.2) is 6.07 Å². The lowest BCUT2D eigenvalue weighted by atomic mass is 10.0. The van der Waals surface area contributed by atoms with E-state index in [2.05, 4.69) is 0 Å². The molecule has 14 heavy (non-hydrogen) atoms. The van der Waals surface area contributed by atoms with Crippen LogP contribution in [0.2, 0.25) is 0 Å². The molecule has 0 heterocycles. The lowest BCUT2D eigenvalue weighted by Gasteiger charge is -2.08. The summed E-state index contributed by atoms with van der Waals surface area (Å²) in [5.41, 5.74) is 6.22. The zero-order chi connectivity index (χ0) is 10.7. The topological polar surface area (TPSA) is 66.5 Å². The van der Waals surface area contributed by atoms with Crippen molar-refractivity contribution in [2.45, 2.75) is 19.8 Å². The molecule has 0 radical (unpaired) electrons. The molecule has 1 aromatic carbocycles. The second-order valence-corrected chi connectivity index (χ2v) is 3.26. The van der Waals surface area contributed by atoms with Gasteiger partial charge in [-0.3, -0.25) is 0 Å². The van der Waals surface area contributed by atoms with Crippen molar-refractivity contribution in [3.05, 3.63) is 23.0 Å². The summed E-state index contributed by atoms with van der Waals surface area (Å²) in [6.45, 7) is 2.07. The molecule has 0 bridgehead atoms. The van der Waals surface area contributed by atoms with E-state index >= 15 is 0 Å². The van der Waals surface area contributed by atoms with Crippen LogP contribution >= 0.6 is 0 Å². The van der Waals surface area contributed by atoms with Crippen molar-refractivity contribution in [1.82, 2.24) is 0 Å². The fourth-order valence-electron chi connectivity index (χ4n) is 1.31. The van der Waals surface area contributed by atoms with Gasteiger partial charge in [0.2, 0.25) is 5.82 Å². The van der Waals surface area contributed by atoms with E-state index in [1.807, 2.05) is 0 Å². The third-order valence-corrected chi connectivity index (χ3v) is 2.13. The normalized spacial score (nSPS) is 10.5. The van der Waals surface area contributed by atoms with Gasteiger partial charge in [0.25, 0.3) is 0 Å². The van der Waals surface area contributed by atoms with Crippen LogP contribution < -0.4 is 5.73 Å². The Morgan fingerprint density at radius 3 is 2.57 bits per heavy atom. The van der Waals surface area contributed by atoms with Crippen molar-refractivity contribution in [1.29, 1.82) is 0 Å². The molecule has 0 amide bonds. The van der Waals surface area contributed by atoms with Gasteiger partial charge in [-0.1, -0.05) is 0 Å². The van der Waals surface area contributed by atoms with Gasteiger partial charge in [0.05, 0.1) is 0 Å². The van der Waals surface area contributed by atoms with Gasteiger partial charge < -0.3 is 15.9 Å². The molecule has 0 atom stereocenters. The molecule has 3 nitrogen and oxygen atoms in total. The predicted molar refractivity (Wildman–Crippen MR) is 51.8 cm³/mol. The SMILES string of the molecule is Cc1cc(CCCN)c(O)c(F)c1O. The quantitative estimate of drug-likeness (QED) is 0.690. The summed E-state index contributed by atoms with van der Waals surface area (Å²) in [4.78, 5) is 0. The van der Waals surface area contributed by atoms with Gasteiger partial charge in [0, 0.05) is 0 Å². The molecular formula is C10H14FNO2. The van der Waals surface area contributed by atoms with Gasteiger partial charge in [-0.05, 0) is 43.5 Å². The van der Waals surface area contributed by atoms with Crippen molar-refractivity contribution < 1.29 is 14.6 Å². The van der Waals surface area contributed by atoms with Gasteiger partial charge >= 0.3 is 0 Å². The van der Waals surface area contributed by atoms with E-state index in [0.29, 0.717) is 30.5 Å². The van der Waals surface area contributed by atoms with Crippen LogP contribution in [-0.4, -0.2) is 16.8 Å². The molecule has 0 fully saturated rings. The number of nitrogens with two attached hydrogens (primary N) is 1. The molecule has 0 saturated heterocycles. The van der Waals surface area contributed by atoms with Crippen LogP contribution in [0.25, 0.3) is 0 Å². The maximum atomic E-state index is 13.1. The van der Waals surface area contributed by atoms with Crippen LogP contribution in [-0.2, 0) is 6.42 Å². The number of phenolic OH excluding ortho intramolecular Hbond substituents is 2. The minimum absolute atomic E-state index is 0.423. The smallest absolute Gasteiger partial charge is 0.206 e. The second kappa shape index (κ2) is 4.28. The maximum absolute atomic E-state index is 13.1. The largest absolute Gasteiger partial charge is 0.505 e. The van der Waals surface area contributed by atoms with E-state index in [9.17, 15) is 14.6 Å². The Hall–Kier alpha value is -1.29.